The Morgan fingerprint density at radius 2 is 1.64 bits per heavy atom. The van der Waals surface area contributed by atoms with Crippen molar-refractivity contribution in [2.24, 2.45) is 0 Å². The number of aryl methyl sites for hydroxylation is 1. The van der Waals surface area contributed by atoms with E-state index in [1.807, 2.05) is 92.6 Å². The molecule has 186 valence electrons. The first kappa shape index (κ1) is 25.2. The maximum atomic E-state index is 13.2. The van der Waals surface area contributed by atoms with Crippen LogP contribution in [0, 0.1) is 6.92 Å². The summed E-state index contributed by atoms with van der Waals surface area (Å²) in [6, 6.07) is 24.0. The Balaban J connectivity index is 1.66. The molecule has 1 aliphatic rings. The van der Waals surface area contributed by atoms with Crippen molar-refractivity contribution in [3.8, 4) is 5.75 Å². The van der Waals surface area contributed by atoms with Crippen molar-refractivity contribution in [2.45, 2.75) is 26.0 Å². The summed E-state index contributed by atoms with van der Waals surface area (Å²) in [6.07, 6.45) is 0.718. The van der Waals surface area contributed by atoms with Crippen LogP contribution in [0.25, 0.3) is 5.76 Å². The highest BCUT2D eigenvalue weighted by Crippen LogP contribution is 2.40. The third kappa shape index (κ3) is 5.50. The molecule has 0 unspecified atom stereocenters. The molecule has 3 aromatic rings. The molecule has 6 nitrogen and oxygen atoms in total. The normalized spacial score (nSPS) is 17.1. The summed E-state index contributed by atoms with van der Waals surface area (Å²) in [5.74, 6) is -0.735. The van der Waals surface area contributed by atoms with Crippen LogP contribution >= 0.6 is 0 Å². The number of ether oxygens (including phenoxy) is 1. The largest absolute Gasteiger partial charge is 0.507 e. The summed E-state index contributed by atoms with van der Waals surface area (Å²) in [4.78, 5) is 29.9. The molecule has 1 fully saturated rings. The van der Waals surface area contributed by atoms with E-state index >= 15 is 0 Å². The van der Waals surface area contributed by atoms with E-state index in [2.05, 4.69) is 0 Å². The lowest BCUT2D eigenvalue weighted by atomic mass is 9.94. The van der Waals surface area contributed by atoms with E-state index in [9.17, 15) is 14.7 Å². The lowest BCUT2D eigenvalue weighted by molar-refractivity contribution is -0.139. The van der Waals surface area contributed by atoms with Gasteiger partial charge < -0.3 is 19.6 Å². The molecule has 1 atom stereocenters. The van der Waals surface area contributed by atoms with Gasteiger partial charge >= 0.3 is 0 Å². The number of hydrogen-bond donors (Lipinski definition) is 1. The number of carbonyl (C=O) groups is 2. The van der Waals surface area contributed by atoms with Crippen LogP contribution in [0.15, 0.2) is 84.4 Å². The highest BCUT2D eigenvalue weighted by molar-refractivity contribution is 6.46. The lowest BCUT2D eigenvalue weighted by Gasteiger charge is -2.26. The van der Waals surface area contributed by atoms with Crippen LogP contribution in [0.1, 0.15) is 34.7 Å². The standard InChI is InChI=1S/C30H32N2O4/c1-21-19-24(36-20-22-11-6-4-7-12-22)15-16-25(21)28(33)26-27(23-13-8-5-9-14-23)32(30(35)29(26)34)18-10-17-31(2)3/h4-9,11-16,19,27,33H,10,17-18,20H2,1-3H3/t27-/m1/s1. The maximum Gasteiger partial charge on any atom is 0.295 e. The minimum Gasteiger partial charge on any atom is -0.507 e. The Kier molecular flexibility index (Phi) is 7.86. The van der Waals surface area contributed by atoms with Crippen molar-refractivity contribution < 1.29 is 19.4 Å². The van der Waals surface area contributed by atoms with Crippen LogP contribution in [0.2, 0.25) is 0 Å². The SMILES string of the molecule is Cc1cc(OCc2ccccc2)ccc1C(O)=C1C(=O)C(=O)N(CCCN(C)C)[C@@H]1c1ccccc1. The molecular weight excluding hydrogens is 452 g/mol. The summed E-state index contributed by atoms with van der Waals surface area (Å²) < 4.78 is 5.91. The Morgan fingerprint density at radius 1 is 0.972 bits per heavy atom. The molecule has 0 radical (unpaired) electrons. The predicted molar refractivity (Wildman–Crippen MR) is 141 cm³/mol. The number of ketones is 1. The number of hydrogen-bond acceptors (Lipinski definition) is 5. The van der Waals surface area contributed by atoms with Gasteiger partial charge in [-0.3, -0.25) is 9.59 Å². The van der Waals surface area contributed by atoms with Gasteiger partial charge in [0.1, 0.15) is 18.1 Å². The van der Waals surface area contributed by atoms with E-state index in [0.29, 0.717) is 24.5 Å². The second-order valence-corrected chi connectivity index (χ2v) is 9.31. The number of nitrogens with zero attached hydrogens (tertiary/aromatic N) is 2. The van der Waals surface area contributed by atoms with Gasteiger partial charge in [-0.1, -0.05) is 60.7 Å². The van der Waals surface area contributed by atoms with Gasteiger partial charge in [-0.15, -0.1) is 0 Å². The summed E-state index contributed by atoms with van der Waals surface area (Å²) in [6.45, 7) is 3.49. The van der Waals surface area contributed by atoms with Gasteiger partial charge in [0.2, 0.25) is 0 Å². The Morgan fingerprint density at radius 3 is 2.28 bits per heavy atom. The quantitative estimate of drug-likeness (QED) is 0.264. The molecule has 1 amide bonds. The van der Waals surface area contributed by atoms with E-state index in [4.69, 9.17) is 4.74 Å². The number of aliphatic hydroxyl groups excluding tert-OH is 1. The van der Waals surface area contributed by atoms with Gasteiger partial charge in [-0.05, 0) is 68.9 Å². The summed E-state index contributed by atoms with van der Waals surface area (Å²) >= 11 is 0. The number of rotatable bonds is 9. The third-order valence-corrected chi connectivity index (χ3v) is 6.36. The molecule has 1 N–H and O–H groups in total. The molecule has 4 rings (SSSR count). The Bertz CT molecular complexity index is 1250. The van der Waals surface area contributed by atoms with E-state index in [-0.39, 0.29) is 11.3 Å². The number of aliphatic hydroxyl groups is 1. The molecule has 1 aliphatic heterocycles. The summed E-state index contributed by atoms with van der Waals surface area (Å²) in [5.41, 5.74) is 3.23. The van der Waals surface area contributed by atoms with Crippen molar-refractivity contribution >= 4 is 17.4 Å². The molecule has 0 saturated carbocycles. The monoisotopic (exact) mass is 484 g/mol. The minimum absolute atomic E-state index is 0.122. The fourth-order valence-corrected chi connectivity index (χ4v) is 4.53. The van der Waals surface area contributed by atoms with Crippen LogP contribution in [0.4, 0.5) is 0 Å². The van der Waals surface area contributed by atoms with Gasteiger partial charge in [-0.25, -0.2) is 0 Å². The van der Waals surface area contributed by atoms with E-state index in [1.54, 1.807) is 17.0 Å². The number of carbonyl (C=O) groups excluding carboxylic acids is 2. The minimum atomic E-state index is -0.657. The molecule has 0 spiro atoms. The lowest BCUT2D eigenvalue weighted by Crippen LogP contribution is -2.32. The average molecular weight is 485 g/mol. The van der Waals surface area contributed by atoms with Crippen molar-refractivity contribution in [1.82, 2.24) is 9.80 Å². The molecule has 36 heavy (non-hydrogen) atoms. The fourth-order valence-electron chi connectivity index (χ4n) is 4.53. The second kappa shape index (κ2) is 11.2. The summed E-state index contributed by atoms with van der Waals surface area (Å²) in [5, 5.41) is 11.4. The van der Waals surface area contributed by atoms with E-state index < -0.39 is 17.7 Å². The zero-order chi connectivity index (χ0) is 25.7. The zero-order valence-corrected chi connectivity index (χ0v) is 21.0. The topological polar surface area (TPSA) is 70.1 Å². The van der Waals surface area contributed by atoms with Gasteiger partial charge in [0.05, 0.1) is 11.6 Å². The average Bonchev–Trinajstić information content (AvgIpc) is 3.13. The van der Waals surface area contributed by atoms with Gasteiger partial charge in [-0.2, -0.15) is 0 Å². The molecule has 0 aliphatic carbocycles. The second-order valence-electron chi connectivity index (χ2n) is 9.31. The first-order valence-corrected chi connectivity index (χ1v) is 12.1. The van der Waals surface area contributed by atoms with Crippen LogP contribution in [0.3, 0.4) is 0 Å². The highest BCUT2D eigenvalue weighted by atomic mass is 16.5. The molecular formula is C30H32N2O4. The predicted octanol–water partition coefficient (Wildman–Crippen LogP) is 4.95. The number of likely N-dealkylation sites (tertiary alicyclic amines) is 1. The molecule has 3 aromatic carbocycles. The van der Waals surface area contributed by atoms with Crippen LogP contribution in [0.5, 0.6) is 5.75 Å². The number of Topliss-reactive ketones (excluding diaryl/α,β-unsaturated/α-hetero) is 1. The van der Waals surface area contributed by atoms with Gasteiger partial charge in [0, 0.05) is 12.1 Å². The molecule has 0 bridgehead atoms. The van der Waals surface area contributed by atoms with Gasteiger partial charge in [0.15, 0.2) is 0 Å². The van der Waals surface area contributed by atoms with Crippen molar-refractivity contribution in [1.29, 1.82) is 0 Å². The molecule has 1 heterocycles. The maximum absolute atomic E-state index is 13.2. The van der Waals surface area contributed by atoms with Gasteiger partial charge in [0.25, 0.3) is 11.7 Å². The van der Waals surface area contributed by atoms with Crippen molar-refractivity contribution in [3.05, 3.63) is 107 Å². The van der Waals surface area contributed by atoms with Crippen LogP contribution in [-0.2, 0) is 16.2 Å². The molecule has 6 heteroatoms. The van der Waals surface area contributed by atoms with E-state index in [1.165, 1.54) is 0 Å². The van der Waals surface area contributed by atoms with Crippen molar-refractivity contribution in [3.63, 3.8) is 0 Å². The first-order chi connectivity index (χ1) is 17.4. The van der Waals surface area contributed by atoms with E-state index in [0.717, 1.165) is 29.7 Å². The highest BCUT2D eigenvalue weighted by Gasteiger charge is 2.45. The Labute approximate surface area is 212 Å². The Hall–Kier alpha value is -3.90. The zero-order valence-electron chi connectivity index (χ0n) is 21.0. The van der Waals surface area contributed by atoms with Crippen LogP contribution in [-0.4, -0.2) is 53.8 Å². The van der Waals surface area contributed by atoms with Crippen molar-refractivity contribution in [2.75, 3.05) is 27.2 Å². The van der Waals surface area contributed by atoms with Crippen LogP contribution < -0.4 is 4.74 Å². The molecule has 1 saturated heterocycles. The smallest absolute Gasteiger partial charge is 0.295 e. The number of amides is 1. The summed E-state index contributed by atoms with van der Waals surface area (Å²) in [7, 11) is 3.94. The third-order valence-electron chi connectivity index (χ3n) is 6.36. The first-order valence-electron chi connectivity index (χ1n) is 12.1. The molecule has 0 aromatic heterocycles. The number of benzene rings is 3. The fraction of sp³-hybridized carbons (Fsp3) is 0.267.